The molecule has 11 rings (SSSR count). The van der Waals surface area contributed by atoms with E-state index in [1.54, 1.807) is 0 Å². The first-order chi connectivity index (χ1) is 27.7. The summed E-state index contributed by atoms with van der Waals surface area (Å²) in [6.45, 7) is 0. The number of benzene rings is 7. The van der Waals surface area contributed by atoms with E-state index in [1.165, 1.54) is 20.2 Å². The van der Waals surface area contributed by atoms with Crippen LogP contribution in [0.2, 0.25) is 0 Å². The van der Waals surface area contributed by atoms with E-state index in [2.05, 4.69) is 138 Å². The minimum absolute atomic E-state index is 0.666. The van der Waals surface area contributed by atoms with E-state index in [9.17, 15) is 0 Å². The third-order valence-electron chi connectivity index (χ3n) is 10.6. The molecular formula is C51H31N3OS. The van der Waals surface area contributed by atoms with Crippen molar-refractivity contribution in [2.24, 2.45) is 0 Å². The zero-order valence-corrected chi connectivity index (χ0v) is 30.9. The lowest BCUT2D eigenvalue weighted by atomic mass is 9.93. The van der Waals surface area contributed by atoms with Crippen LogP contribution in [0.15, 0.2) is 193 Å². The normalized spacial score (nSPS) is 11.6. The maximum absolute atomic E-state index is 6.70. The molecule has 0 aliphatic carbocycles. The summed E-state index contributed by atoms with van der Waals surface area (Å²) in [5.41, 5.74) is 12.9. The Balaban J connectivity index is 1.02. The molecule has 5 heteroatoms. The van der Waals surface area contributed by atoms with E-state index in [0.717, 1.165) is 83.5 Å². The van der Waals surface area contributed by atoms with Crippen LogP contribution >= 0.6 is 11.3 Å². The molecule has 0 unspecified atom stereocenters. The Bertz CT molecular complexity index is 3240. The maximum atomic E-state index is 6.70. The summed E-state index contributed by atoms with van der Waals surface area (Å²) in [5.74, 6) is 0.666. The van der Waals surface area contributed by atoms with Gasteiger partial charge in [0.1, 0.15) is 11.2 Å². The Morgan fingerprint density at radius 3 is 1.89 bits per heavy atom. The van der Waals surface area contributed by atoms with Crippen LogP contribution < -0.4 is 0 Å². The summed E-state index contributed by atoms with van der Waals surface area (Å²) < 4.78 is 9.29. The summed E-state index contributed by atoms with van der Waals surface area (Å²) in [6.07, 6.45) is 1.82. The van der Waals surface area contributed by atoms with E-state index in [1.807, 2.05) is 66.1 Å². The summed E-state index contributed by atoms with van der Waals surface area (Å²) in [5, 5.41) is 4.78. The summed E-state index contributed by atoms with van der Waals surface area (Å²) in [7, 11) is 0. The smallest absolute Gasteiger partial charge is 0.160 e. The lowest BCUT2D eigenvalue weighted by molar-refractivity contribution is 0.670. The van der Waals surface area contributed by atoms with Gasteiger partial charge in [-0.3, -0.25) is 4.98 Å². The minimum Gasteiger partial charge on any atom is -0.455 e. The molecule has 4 nitrogen and oxygen atoms in total. The quantitative estimate of drug-likeness (QED) is 0.171. The Labute approximate surface area is 327 Å². The van der Waals surface area contributed by atoms with Crippen molar-refractivity contribution in [3.05, 3.63) is 188 Å². The summed E-state index contributed by atoms with van der Waals surface area (Å²) in [6, 6.07) is 63.6. The van der Waals surface area contributed by atoms with Gasteiger partial charge in [-0.2, -0.15) is 0 Å². The second-order valence-electron chi connectivity index (χ2n) is 14.0. The van der Waals surface area contributed by atoms with Crippen LogP contribution in [0.25, 0.3) is 110 Å². The van der Waals surface area contributed by atoms with Crippen molar-refractivity contribution in [3.63, 3.8) is 0 Å². The SMILES string of the molecule is c1ccc(-c2cc(-c3ccc(-c4ccc(-c5ccc6sc7ccccc7c6c5)c5oc6ccccc6c45)cc3)nc(-c3cccc(-c4ccccn4)c3)n2)cc1. The highest BCUT2D eigenvalue weighted by atomic mass is 32.1. The zero-order chi connectivity index (χ0) is 37.0. The van der Waals surface area contributed by atoms with Gasteiger partial charge in [-0.25, -0.2) is 9.97 Å². The molecule has 7 aromatic carbocycles. The summed E-state index contributed by atoms with van der Waals surface area (Å²) in [4.78, 5) is 14.8. The van der Waals surface area contributed by atoms with Crippen LogP contribution in [0.3, 0.4) is 0 Å². The fourth-order valence-electron chi connectivity index (χ4n) is 7.84. The van der Waals surface area contributed by atoms with E-state index in [0.29, 0.717) is 5.82 Å². The predicted molar refractivity (Wildman–Crippen MR) is 233 cm³/mol. The number of fused-ring (bicyclic) bond motifs is 6. The Morgan fingerprint density at radius 1 is 0.393 bits per heavy atom. The molecule has 0 saturated heterocycles. The van der Waals surface area contributed by atoms with Crippen molar-refractivity contribution >= 4 is 53.4 Å². The topological polar surface area (TPSA) is 51.8 Å². The molecule has 11 aromatic rings. The van der Waals surface area contributed by atoms with Crippen LogP contribution in [0.1, 0.15) is 0 Å². The largest absolute Gasteiger partial charge is 0.455 e. The van der Waals surface area contributed by atoms with Crippen LogP contribution in [0.5, 0.6) is 0 Å². The molecule has 0 atom stereocenters. The molecule has 0 saturated carbocycles. The number of nitrogens with zero attached hydrogens (tertiary/aromatic N) is 3. The lowest BCUT2D eigenvalue weighted by Crippen LogP contribution is -1.96. The van der Waals surface area contributed by atoms with Crippen molar-refractivity contribution in [2.45, 2.75) is 0 Å². The van der Waals surface area contributed by atoms with Crippen molar-refractivity contribution in [1.29, 1.82) is 0 Å². The fourth-order valence-corrected chi connectivity index (χ4v) is 8.93. The highest BCUT2D eigenvalue weighted by Crippen LogP contribution is 2.44. The standard InChI is InChI=1S/C51H31N3OS/c1-2-11-33(12-3-1)44-31-45(54-51(53-44)37-14-10-13-36(29-37)43-17-8-9-28-52-43)34-22-20-32(21-23-34)38-25-26-39(50-49(38)41-16-4-6-18-46(41)55-50)35-24-27-48-42(30-35)40-15-5-7-19-47(40)56-48/h1-31H. The highest BCUT2D eigenvalue weighted by molar-refractivity contribution is 7.25. The molecule has 0 fully saturated rings. The van der Waals surface area contributed by atoms with Gasteiger partial charge in [0.05, 0.1) is 17.1 Å². The van der Waals surface area contributed by atoms with Gasteiger partial charge in [-0.15, -0.1) is 11.3 Å². The summed E-state index contributed by atoms with van der Waals surface area (Å²) >= 11 is 1.84. The van der Waals surface area contributed by atoms with Gasteiger partial charge in [0.15, 0.2) is 5.82 Å². The maximum Gasteiger partial charge on any atom is 0.160 e. The highest BCUT2D eigenvalue weighted by Gasteiger charge is 2.19. The van der Waals surface area contributed by atoms with Gasteiger partial charge in [-0.1, -0.05) is 127 Å². The third-order valence-corrected chi connectivity index (χ3v) is 11.7. The molecule has 262 valence electrons. The van der Waals surface area contributed by atoms with Crippen molar-refractivity contribution in [3.8, 4) is 67.4 Å². The minimum atomic E-state index is 0.666. The van der Waals surface area contributed by atoms with Gasteiger partial charge in [-0.05, 0) is 71.3 Å². The van der Waals surface area contributed by atoms with E-state index < -0.39 is 0 Å². The number of aromatic nitrogens is 3. The van der Waals surface area contributed by atoms with Crippen LogP contribution in [0.4, 0.5) is 0 Å². The predicted octanol–water partition coefficient (Wildman–Crippen LogP) is 14.1. The van der Waals surface area contributed by atoms with Crippen molar-refractivity contribution in [1.82, 2.24) is 15.0 Å². The Kier molecular flexibility index (Phi) is 7.64. The second-order valence-corrected chi connectivity index (χ2v) is 15.1. The second kappa shape index (κ2) is 13.3. The molecule has 56 heavy (non-hydrogen) atoms. The number of hydrogen-bond donors (Lipinski definition) is 0. The third kappa shape index (κ3) is 5.56. The van der Waals surface area contributed by atoms with E-state index in [4.69, 9.17) is 14.4 Å². The number of para-hydroxylation sites is 1. The molecule has 0 N–H and O–H groups in total. The Hall–Kier alpha value is -7.21. The first-order valence-corrected chi connectivity index (χ1v) is 19.5. The van der Waals surface area contributed by atoms with Gasteiger partial charge >= 0.3 is 0 Å². The first-order valence-electron chi connectivity index (χ1n) is 18.7. The number of rotatable bonds is 6. The van der Waals surface area contributed by atoms with Crippen molar-refractivity contribution in [2.75, 3.05) is 0 Å². The van der Waals surface area contributed by atoms with E-state index >= 15 is 0 Å². The number of furan rings is 1. The fraction of sp³-hybridized carbons (Fsp3) is 0. The lowest BCUT2D eigenvalue weighted by Gasteiger charge is -2.12. The average Bonchev–Trinajstić information content (AvgIpc) is 3.85. The number of pyridine rings is 1. The molecule has 0 amide bonds. The molecule has 0 bridgehead atoms. The number of thiophene rings is 1. The molecule has 4 heterocycles. The molecule has 0 radical (unpaired) electrons. The molecule has 0 spiro atoms. The number of hydrogen-bond acceptors (Lipinski definition) is 5. The monoisotopic (exact) mass is 733 g/mol. The van der Waals surface area contributed by atoms with Gasteiger partial charge in [0, 0.05) is 65.0 Å². The molecular weight excluding hydrogens is 703 g/mol. The van der Waals surface area contributed by atoms with Crippen LogP contribution in [-0.4, -0.2) is 15.0 Å². The average molecular weight is 734 g/mol. The Morgan fingerprint density at radius 2 is 1.05 bits per heavy atom. The first kappa shape index (κ1) is 32.2. The molecule has 0 aliphatic rings. The van der Waals surface area contributed by atoms with E-state index in [-0.39, 0.29) is 0 Å². The van der Waals surface area contributed by atoms with Crippen LogP contribution in [0, 0.1) is 0 Å². The van der Waals surface area contributed by atoms with Gasteiger partial charge in [0.25, 0.3) is 0 Å². The van der Waals surface area contributed by atoms with Gasteiger partial charge in [0.2, 0.25) is 0 Å². The zero-order valence-electron chi connectivity index (χ0n) is 30.1. The molecule has 0 aliphatic heterocycles. The van der Waals surface area contributed by atoms with Gasteiger partial charge < -0.3 is 4.42 Å². The molecule has 4 aromatic heterocycles. The van der Waals surface area contributed by atoms with Crippen LogP contribution in [-0.2, 0) is 0 Å². The van der Waals surface area contributed by atoms with Crippen molar-refractivity contribution < 1.29 is 4.42 Å².